The Morgan fingerprint density at radius 2 is 2.00 bits per heavy atom. The highest BCUT2D eigenvalue weighted by Crippen LogP contribution is 2.23. The molecule has 6 heteroatoms. The number of primary amides is 1. The average Bonchev–Trinajstić information content (AvgIpc) is 2.46. The molecule has 0 saturated carbocycles. The molecule has 2 aromatic rings. The van der Waals surface area contributed by atoms with Gasteiger partial charge in [-0.2, -0.15) is 0 Å². The Morgan fingerprint density at radius 1 is 1.20 bits per heavy atom. The van der Waals surface area contributed by atoms with E-state index in [0.717, 1.165) is 0 Å². The fraction of sp³-hybridized carbons (Fsp3) is 0.0714. The molecule has 0 fully saturated rings. The molecular formula is C14H13N3O2S. The maximum atomic E-state index is 12.2. The minimum absolute atomic E-state index is 0.136. The van der Waals surface area contributed by atoms with Gasteiger partial charge in [0, 0.05) is 11.1 Å². The molecular weight excluding hydrogens is 274 g/mol. The molecule has 2 rings (SSSR count). The summed E-state index contributed by atoms with van der Waals surface area (Å²) in [5.41, 5.74) is 6.24. The molecule has 0 aliphatic rings. The number of thioether (sulfide) groups is 1. The summed E-state index contributed by atoms with van der Waals surface area (Å²) in [6.45, 7) is 0. The van der Waals surface area contributed by atoms with Crippen LogP contribution in [0.25, 0.3) is 0 Å². The van der Waals surface area contributed by atoms with Gasteiger partial charge in [0.1, 0.15) is 0 Å². The third kappa shape index (κ3) is 3.83. The lowest BCUT2D eigenvalue weighted by molar-refractivity contribution is -0.115. The number of amides is 2. The number of hydrogen-bond donors (Lipinski definition) is 2. The number of anilines is 1. The Labute approximate surface area is 120 Å². The molecule has 5 nitrogen and oxygen atoms in total. The molecule has 1 heterocycles. The quantitative estimate of drug-likeness (QED) is 0.823. The molecule has 0 unspecified atom stereocenters. The highest BCUT2D eigenvalue weighted by atomic mass is 32.2. The van der Waals surface area contributed by atoms with E-state index in [2.05, 4.69) is 10.3 Å². The number of nitrogens with two attached hydrogens (primary N) is 1. The van der Waals surface area contributed by atoms with Gasteiger partial charge in [-0.3, -0.25) is 14.6 Å². The van der Waals surface area contributed by atoms with E-state index in [0.29, 0.717) is 16.1 Å². The van der Waals surface area contributed by atoms with E-state index in [-0.39, 0.29) is 11.7 Å². The van der Waals surface area contributed by atoms with Crippen molar-refractivity contribution in [2.24, 2.45) is 5.73 Å². The zero-order valence-electron chi connectivity index (χ0n) is 10.6. The fourth-order valence-corrected chi connectivity index (χ4v) is 2.35. The van der Waals surface area contributed by atoms with Gasteiger partial charge in [0.2, 0.25) is 5.91 Å². The van der Waals surface area contributed by atoms with E-state index in [1.165, 1.54) is 11.8 Å². The van der Waals surface area contributed by atoms with Gasteiger partial charge in [-0.1, -0.05) is 12.1 Å². The van der Waals surface area contributed by atoms with Crippen molar-refractivity contribution in [2.45, 2.75) is 4.90 Å². The maximum absolute atomic E-state index is 12.2. The first-order valence-corrected chi connectivity index (χ1v) is 6.87. The zero-order valence-corrected chi connectivity index (χ0v) is 11.4. The number of carbonyl (C=O) groups excluding carboxylic acids is 2. The van der Waals surface area contributed by atoms with Crippen molar-refractivity contribution in [2.75, 3.05) is 11.1 Å². The van der Waals surface area contributed by atoms with Crippen molar-refractivity contribution in [3.8, 4) is 0 Å². The van der Waals surface area contributed by atoms with Crippen LogP contribution in [-0.4, -0.2) is 22.6 Å². The van der Waals surface area contributed by atoms with E-state index < -0.39 is 5.91 Å². The normalized spacial score (nSPS) is 10.0. The van der Waals surface area contributed by atoms with Gasteiger partial charge in [-0.05, 0) is 24.3 Å². The minimum Gasteiger partial charge on any atom is -0.369 e. The highest BCUT2D eigenvalue weighted by molar-refractivity contribution is 8.00. The third-order valence-electron chi connectivity index (χ3n) is 2.42. The summed E-state index contributed by atoms with van der Waals surface area (Å²) in [6, 6.07) is 10.6. The Kier molecular flexibility index (Phi) is 4.73. The highest BCUT2D eigenvalue weighted by Gasteiger charge is 2.12. The second-order valence-corrected chi connectivity index (χ2v) is 4.96. The number of rotatable bonds is 5. The molecule has 1 aromatic carbocycles. The Morgan fingerprint density at radius 3 is 2.70 bits per heavy atom. The monoisotopic (exact) mass is 287 g/mol. The van der Waals surface area contributed by atoms with Crippen LogP contribution < -0.4 is 11.1 Å². The molecule has 0 radical (unpaired) electrons. The second-order valence-electron chi connectivity index (χ2n) is 3.95. The average molecular weight is 287 g/mol. The summed E-state index contributed by atoms with van der Waals surface area (Å²) in [4.78, 5) is 27.7. The molecule has 0 atom stereocenters. The molecule has 0 aliphatic heterocycles. The first kappa shape index (κ1) is 14.1. The van der Waals surface area contributed by atoms with Crippen molar-refractivity contribution < 1.29 is 9.59 Å². The molecule has 0 aliphatic carbocycles. The lowest BCUT2D eigenvalue weighted by atomic mass is 10.2. The van der Waals surface area contributed by atoms with Crippen LogP contribution in [0.15, 0.2) is 53.7 Å². The number of carbonyl (C=O) groups is 2. The largest absolute Gasteiger partial charge is 0.369 e. The summed E-state index contributed by atoms with van der Waals surface area (Å²) in [5.74, 6) is -0.528. The SMILES string of the molecule is NC(=O)CSc1ccccc1C(=O)Nc1cccnc1. The number of nitrogens with one attached hydrogen (secondary N) is 1. The van der Waals surface area contributed by atoms with E-state index in [1.54, 1.807) is 42.7 Å². The molecule has 1 aromatic heterocycles. The molecule has 3 N–H and O–H groups in total. The van der Waals surface area contributed by atoms with Crippen molar-refractivity contribution in [1.29, 1.82) is 0 Å². The summed E-state index contributed by atoms with van der Waals surface area (Å²) in [5, 5.41) is 2.76. The molecule has 0 spiro atoms. The maximum Gasteiger partial charge on any atom is 0.256 e. The lowest BCUT2D eigenvalue weighted by Crippen LogP contribution is -2.15. The molecule has 20 heavy (non-hydrogen) atoms. The first-order valence-electron chi connectivity index (χ1n) is 5.88. The van der Waals surface area contributed by atoms with Gasteiger partial charge in [0.15, 0.2) is 0 Å². The zero-order chi connectivity index (χ0) is 14.4. The van der Waals surface area contributed by atoms with E-state index >= 15 is 0 Å². The third-order valence-corrected chi connectivity index (χ3v) is 3.52. The second kappa shape index (κ2) is 6.72. The van der Waals surface area contributed by atoms with Crippen LogP contribution >= 0.6 is 11.8 Å². The molecule has 2 amide bonds. The van der Waals surface area contributed by atoms with Crippen LogP contribution in [0.5, 0.6) is 0 Å². The number of nitrogens with zero attached hydrogens (tertiary/aromatic N) is 1. The topological polar surface area (TPSA) is 85.1 Å². The number of pyridine rings is 1. The van der Waals surface area contributed by atoms with Gasteiger partial charge < -0.3 is 11.1 Å². The fourth-order valence-electron chi connectivity index (χ4n) is 1.56. The van der Waals surface area contributed by atoms with Gasteiger partial charge >= 0.3 is 0 Å². The predicted molar refractivity (Wildman–Crippen MR) is 78.6 cm³/mol. The van der Waals surface area contributed by atoms with Crippen LogP contribution in [0, 0.1) is 0 Å². The summed E-state index contributed by atoms with van der Waals surface area (Å²) >= 11 is 1.24. The molecule has 0 bridgehead atoms. The van der Waals surface area contributed by atoms with Gasteiger partial charge in [-0.25, -0.2) is 0 Å². The minimum atomic E-state index is -0.419. The Balaban J connectivity index is 2.15. The molecule has 0 saturated heterocycles. The van der Waals surface area contributed by atoms with Gasteiger partial charge in [-0.15, -0.1) is 11.8 Å². The van der Waals surface area contributed by atoms with Crippen molar-refractivity contribution >= 4 is 29.3 Å². The smallest absolute Gasteiger partial charge is 0.256 e. The van der Waals surface area contributed by atoms with Crippen LogP contribution in [0.3, 0.4) is 0 Å². The predicted octanol–water partition coefficient (Wildman–Crippen LogP) is 1.91. The lowest BCUT2D eigenvalue weighted by Gasteiger charge is -2.09. The van der Waals surface area contributed by atoms with Gasteiger partial charge in [0.05, 0.1) is 23.2 Å². The van der Waals surface area contributed by atoms with E-state index in [9.17, 15) is 9.59 Å². The standard InChI is InChI=1S/C14H13N3O2S/c15-13(18)9-20-12-6-2-1-5-11(12)14(19)17-10-4-3-7-16-8-10/h1-8H,9H2,(H2,15,18)(H,17,19). The van der Waals surface area contributed by atoms with Crippen molar-refractivity contribution in [3.05, 3.63) is 54.4 Å². The number of benzene rings is 1. The van der Waals surface area contributed by atoms with Crippen molar-refractivity contribution in [1.82, 2.24) is 4.98 Å². The Bertz CT molecular complexity index is 617. The number of aromatic nitrogens is 1. The van der Waals surface area contributed by atoms with E-state index in [1.807, 2.05) is 6.07 Å². The van der Waals surface area contributed by atoms with Crippen LogP contribution in [0.1, 0.15) is 10.4 Å². The number of hydrogen-bond acceptors (Lipinski definition) is 4. The van der Waals surface area contributed by atoms with Crippen LogP contribution in [-0.2, 0) is 4.79 Å². The summed E-state index contributed by atoms with van der Waals surface area (Å²) in [6.07, 6.45) is 3.20. The van der Waals surface area contributed by atoms with Crippen LogP contribution in [0.4, 0.5) is 5.69 Å². The van der Waals surface area contributed by atoms with Crippen molar-refractivity contribution in [3.63, 3.8) is 0 Å². The Hall–Kier alpha value is -2.34. The van der Waals surface area contributed by atoms with Gasteiger partial charge in [0.25, 0.3) is 5.91 Å². The van der Waals surface area contributed by atoms with E-state index in [4.69, 9.17) is 5.73 Å². The first-order chi connectivity index (χ1) is 9.66. The summed E-state index contributed by atoms with van der Waals surface area (Å²) in [7, 11) is 0. The van der Waals surface area contributed by atoms with Crippen LogP contribution in [0.2, 0.25) is 0 Å². The summed E-state index contributed by atoms with van der Waals surface area (Å²) < 4.78 is 0. The molecule has 102 valence electrons.